The number of carboxylic acid groups (broad SMARTS) is 1. The highest BCUT2D eigenvalue weighted by Gasteiger charge is 2.09. The highest BCUT2D eigenvalue weighted by atomic mass is 19.1. The quantitative estimate of drug-likeness (QED) is 0.879. The number of hydrogen-bond donors (Lipinski definition) is 2. The van der Waals surface area contributed by atoms with E-state index in [-0.39, 0.29) is 5.91 Å². The Morgan fingerprint density at radius 2 is 2.05 bits per heavy atom. The summed E-state index contributed by atoms with van der Waals surface area (Å²) in [6.45, 7) is 4.46. The van der Waals surface area contributed by atoms with E-state index in [2.05, 4.69) is 5.32 Å². The third-order valence-corrected chi connectivity index (χ3v) is 2.66. The molecule has 1 rings (SSSR count). The van der Waals surface area contributed by atoms with Gasteiger partial charge in [0.05, 0.1) is 5.92 Å². The Labute approximate surface area is 110 Å². The maximum Gasteiger partial charge on any atom is 0.310 e. The van der Waals surface area contributed by atoms with Gasteiger partial charge in [-0.05, 0) is 37.1 Å². The lowest BCUT2D eigenvalue weighted by Crippen LogP contribution is -2.07. The molecule has 0 spiro atoms. The summed E-state index contributed by atoms with van der Waals surface area (Å²) in [5.41, 5.74) is 1.29. The Hall–Kier alpha value is -2.17. The first-order valence-electron chi connectivity index (χ1n) is 5.80. The van der Waals surface area contributed by atoms with Crippen LogP contribution >= 0.6 is 0 Å². The van der Waals surface area contributed by atoms with Gasteiger partial charge >= 0.3 is 5.97 Å². The number of hydrogen-bond acceptors (Lipinski definition) is 2. The van der Waals surface area contributed by atoms with E-state index in [0.29, 0.717) is 16.8 Å². The van der Waals surface area contributed by atoms with Gasteiger partial charge in [0.25, 0.3) is 0 Å². The van der Waals surface area contributed by atoms with Crippen LogP contribution in [0.3, 0.4) is 0 Å². The Kier molecular flexibility index (Phi) is 4.80. The molecular formula is C14H16FNO3. The molecule has 1 amide bonds. The number of carboxylic acids is 1. The third kappa shape index (κ3) is 4.21. The summed E-state index contributed by atoms with van der Waals surface area (Å²) < 4.78 is 13.7. The van der Waals surface area contributed by atoms with Gasteiger partial charge in [-0.3, -0.25) is 9.59 Å². The van der Waals surface area contributed by atoms with Crippen molar-refractivity contribution in [2.45, 2.75) is 20.8 Å². The monoisotopic (exact) mass is 265 g/mol. The normalized spacial score (nSPS) is 12.4. The van der Waals surface area contributed by atoms with E-state index in [1.54, 1.807) is 19.1 Å². The highest BCUT2D eigenvalue weighted by Crippen LogP contribution is 2.21. The molecule has 1 aromatic rings. The standard InChI is InChI=1S/C14H16FNO3/c1-8(14(18)19)4-5-11-6-12(16-10(3)17)7-13(15)9(11)2/h4-8H,1-3H3,(H,16,17)(H,18,19). The highest BCUT2D eigenvalue weighted by molar-refractivity contribution is 5.89. The molecule has 102 valence electrons. The molecule has 4 nitrogen and oxygen atoms in total. The van der Waals surface area contributed by atoms with Gasteiger partial charge in [0.15, 0.2) is 0 Å². The Balaban J connectivity index is 3.09. The van der Waals surface area contributed by atoms with E-state index in [1.165, 1.54) is 26.0 Å². The van der Waals surface area contributed by atoms with Crippen LogP contribution < -0.4 is 5.32 Å². The number of aliphatic carboxylic acids is 1. The molecule has 1 unspecified atom stereocenters. The second-order valence-corrected chi connectivity index (χ2v) is 4.34. The number of anilines is 1. The average molecular weight is 265 g/mol. The van der Waals surface area contributed by atoms with Gasteiger partial charge in [0.1, 0.15) is 5.82 Å². The van der Waals surface area contributed by atoms with E-state index in [4.69, 9.17) is 5.11 Å². The summed E-state index contributed by atoms with van der Waals surface area (Å²) >= 11 is 0. The molecule has 0 aliphatic heterocycles. The van der Waals surface area contributed by atoms with Crippen LogP contribution in [0.4, 0.5) is 10.1 Å². The number of benzene rings is 1. The van der Waals surface area contributed by atoms with Crippen molar-refractivity contribution in [1.82, 2.24) is 0 Å². The Morgan fingerprint density at radius 1 is 1.42 bits per heavy atom. The van der Waals surface area contributed by atoms with Gasteiger partial charge in [0, 0.05) is 12.6 Å². The van der Waals surface area contributed by atoms with Gasteiger partial charge < -0.3 is 10.4 Å². The average Bonchev–Trinajstić information content (AvgIpc) is 2.30. The minimum Gasteiger partial charge on any atom is -0.481 e. The van der Waals surface area contributed by atoms with Crippen molar-refractivity contribution in [3.8, 4) is 0 Å². The lowest BCUT2D eigenvalue weighted by atomic mass is 10.0. The second kappa shape index (κ2) is 6.13. The van der Waals surface area contributed by atoms with E-state index in [0.717, 1.165) is 0 Å². The molecule has 0 aliphatic carbocycles. The van der Waals surface area contributed by atoms with E-state index < -0.39 is 17.7 Å². The topological polar surface area (TPSA) is 66.4 Å². The molecule has 1 atom stereocenters. The molecule has 0 bridgehead atoms. The van der Waals surface area contributed by atoms with Crippen LogP contribution in [0.15, 0.2) is 18.2 Å². The van der Waals surface area contributed by atoms with Crippen molar-refractivity contribution in [2.24, 2.45) is 5.92 Å². The smallest absolute Gasteiger partial charge is 0.310 e. The van der Waals surface area contributed by atoms with Crippen LogP contribution in [0.2, 0.25) is 0 Å². The SMILES string of the molecule is CC(=O)Nc1cc(F)c(C)c(C=CC(C)C(=O)O)c1. The minimum absolute atomic E-state index is 0.294. The fourth-order valence-electron chi connectivity index (χ4n) is 1.48. The summed E-state index contributed by atoms with van der Waals surface area (Å²) in [4.78, 5) is 21.6. The minimum atomic E-state index is -0.951. The fourth-order valence-corrected chi connectivity index (χ4v) is 1.48. The lowest BCUT2D eigenvalue weighted by molar-refractivity contribution is -0.139. The molecule has 2 N–H and O–H groups in total. The van der Waals surface area contributed by atoms with E-state index in [1.807, 2.05) is 0 Å². The summed E-state index contributed by atoms with van der Waals surface area (Å²) in [6.07, 6.45) is 3.02. The molecule has 5 heteroatoms. The molecule has 1 aromatic carbocycles. The van der Waals surface area contributed by atoms with E-state index >= 15 is 0 Å². The second-order valence-electron chi connectivity index (χ2n) is 4.34. The first kappa shape index (κ1) is 14.9. The summed E-state index contributed by atoms with van der Waals surface area (Å²) in [7, 11) is 0. The van der Waals surface area contributed by atoms with Crippen LogP contribution in [0, 0.1) is 18.7 Å². The number of nitrogens with one attached hydrogen (secondary N) is 1. The third-order valence-electron chi connectivity index (χ3n) is 2.66. The first-order chi connectivity index (χ1) is 8.81. The number of rotatable bonds is 4. The van der Waals surface area contributed by atoms with Gasteiger partial charge in [-0.1, -0.05) is 12.2 Å². The molecular weight excluding hydrogens is 249 g/mol. The van der Waals surface area contributed by atoms with Crippen molar-refractivity contribution in [1.29, 1.82) is 0 Å². The first-order valence-corrected chi connectivity index (χ1v) is 5.80. The zero-order chi connectivity index (χ0) is 14.6. The number of carbonyl (C=O) groups excluding carboxylic acids is 1. The summed E-state index contributed by atoms with van der Waals surface area (Å²) in [6, 6.07) is 2.83. The zero-order valence-electron chi connectivity index (χ0n) is 11.0. The van der Waals surface area contributed by atoms with Crippen LogP contribution in [0.25, 0.3) is 6.08 Å². The van der Waals surface area contributed by atoms with Crippen LogP contribution in [0.5, 0.6) is 0 Å². The predicted molar refractivity (Wildman–Crippen MR) is 71.3 cm³/mol. The van der Waals surface area contributed by atoms with Crippen molar-refractivity contribution >= 4 is 23.6 Å². The maximum atomic E-state index is 13.7. The molecule has 19 heavy (non-hydrogen) atoms. The van der Waals surface area contributed by atoms with Crippen molar-refractivity contribution in [2.75, 3.05) is 5.32 Å². The summed E-state index contributed by atoms with van der Waals surface area (Å²) in [5.74, 6) is -2.36. The molecule has 0 fully saturated rings. The lowest BCUT2D eigenvalue weighted by Gasteiger charge is -2.08. The molecule has 0 aromatic heterocycles. The van der Waals surface area contributed by atoms with Crippen LogP contribution in [-0.2, 0) is 9.59 Å². The number of halogens is 1. The number of carbonyl (C=O) groups is 2. The molecule has 0 radical (unpaired) electrons. The van der Waals surface area contributed by atoms with Crippen molar-refractivity contribution in [3.05, 3.63) is 35.2 Å². The zero-order valence-corrected chi connectivity index (χ0v) is 11.0. The molecule has 0 saturated heterocycles. The Bertz CT molecular complexity index is 538. The van der Waals surface area contributed by atoms with Crippen molar-refractivity contribution in [3.63, 3.8) is 0 Å². The molecule has 0 aliphatic rings. The molecule has 0 saturated carbocycles. The van der Waals surface area contributed by atoms with Crippen LogP contribution in [-0.4, -0.2) is 17.0 Å². The van der Waals surface area contributed by atoms with E-state index in [9.17, 15) is 14.0 Å². The van der Waals surface area contributed by atoms with Gasteiger partial charge in [0.2, 0.25) is 5.91 Å². The largest absolute Gasteiger partial charge is 0.481 e. The van der Waals surface area contributed by atoms with Crippen molar-refractivity contribution < 1.29 is 19.1 Å². The van der Waals surface area contributed by atoms with Gasteiger partial charge in [-0.2, -0.15) is 0 Å². The maximum absolute atomic E-state index is 13.7. The van der Waals surface area contributed by atoms with Crippen LogP contribution in [0.1, 0.15) is 25.0 Å². The molecule has 0 heterocycles. The fraction of sp³-hybridized carbons (Fsp3) is 0.286. The number of amides is 1. The van der Waals surface area contributed by atoms with Gasteiger partial charge in [-0.15, -0.1) is 0 Å². The summed E-state index contributed by atoms with van der Waals surface area (Å²) in [5, 5.41) is 11.3. The predicted octanol–water partition coefficient (Wildman–Crippen LogP) is 2.83. The Morgan fingerprint density at radius 3 is 2.58 bits per heavy atom. The van der Waals surface area contributed by atoms with Gasteiger partial charge in [-0.25, -0.2) is 4.39 Å².